The van der Waals surface area contributed by atoms with Gasteiger partial charge in [0, 0.05) is 52.6 Å². The SMILES string of the molecule is CC(=O)N1CCN(Cc2cccc(OCCCN3CCCCCC3=O)c2)CC(O)(COc2ccc(F)cc2)C1. The Morgan fingerprint density at radius 3 is 2.62 bits per heavy atom. The van der Waals surface area contributed by atoms with Gasteiger partial charge in [-0.05, 0) is 61.2 Å². The molecule has 1 N–H and O–H groups in total. The first-order valence-corrected chi connectivity index (χ1v) is 13.9. The van der Waals surface area contributed by atoms with Crippen LogP contribution in [0.3, 0.4) is 0 Å². The molecule has 2 aliphatic rings. The molecule has 4 rings (SSSR count). The lowest BCUT2D eigenvalue weighted by Crippen LogP contribution is -2.51. The molecule has 2 aromatic rings. The van der Waals surface area contributed by atoms with Gasteiger partial charge >= 0.3 is 0 Å². The number of hydrogen-bond donors (Lipinski definition) is 1. The Hall–Kier alpha value is -3.17. The number of hydrogen-bond acceptors (Lipinski definition) is 6. The molecule has 2 fully saturated rings. The Morgan fingerprint density at radius 1 is 1.00 bits per heavy atom. The predicted octanol–water partition coefficient (Wildman–Crippen LogP) is 3.47. The number of aliphatic hydroxyl groups is 1. The van der Waals surface area contributed by atoms with E-state index in [0.717, 1.165) is 50.1 Å². The highest BCUT2D eigenvalue weighted by molar-refractivity contribution is 5.76. The molecule has 1 atom stereocenters. The minimum Gasteiger partial charge on any atom is -0.494 e. The van der Waals surface area contributed by atoms with Gasteiger partial charge in [-0.25, -0.2) is 4.39 Å². The minimum atomic E-state index is -1.30. The molecule has 9 heteroatoms. The van der Waals surface area contributed by atoms with Crippen LogP contribution in [-0.4, -0.2) is 89.7 Å². The molecule has 2 aromatic carbocycles. The summed E-state index contributed by atoms with van der Waals surface area (Å²) in [6, 6.07) is 13.6. The Bertz CT molecular complexity index is 1100. The van der Waals surface area contributed by atoms with Crippen LogP contribution in [0.4, 0.5) is 4.39 Å². The molecule has 2 amide bonds. The molecule has 0 bridgehead atoms. The van der Waals surface area contributed by atoms with E-state index in [1.165, 1.54) is 31.2 Å². The minimum absolute atomic E-state index is 0.0262. The van der Waals surface area contributed by atoms with Crippen LogP contribution < -0.4 is 9.47 Å². The molecular formula is C30H40FN3O5. The highest BCUT2D eigenvalue weighted by Crippen LogP contribution is 2.22. The molecule has 0 aliphatic carbocycles. The first kappa shape index (κ1) is 28.8. The quantitative estimate of drug-likeness (QED) is 0.464. The van der Waals surface area contributed by atoms with Gasteiger partial charge in [0.1, 0.15) is 29.5 Å². The first-order valence-electron chi connectivity index (χ1n) is 13.9. The summed E-state index contributed by atoms with van der Waals surface area (Å²) in [5, 5.41) is 11.5. The maximum absolute atomic E-state index is 13.3. The summed E-state index contributed by atoms with van der Waals surface area (Å²) in [4.78, 5) is 30.1. The number of nitrogens with zero attached hydrogens (tertiary/aromatic N) is 3. The maximum atomic E-state index is 13.3. The van der Waals surface area contributed by atoms with Crippen LogP contribution in [0, 0.1) is 5.82 Å². The molecule has 2 heterocycles. The summed E-state index contributed by atoms with van der Waals surface area (Å²) in [5.41, 5.74) is -0.261. The van der Waals surface area contributed by atoms with Crippen molar-refractivity contribution in [2.24, 2.45) is 0 Å². The van der Waals surface area contributed by atoms with E-state index in [4.69, 9.17) is 9.47 Å². The first-order chi connectivity index (χ1) is 18.8. The van der Waals surface area contributed by atoms with E-state index >= 15 is 0 Å². The van der Waals surface area contributed by atoms with Crippen molar-refractivity contribution in [1.82, 2.24) is 14.7 Å². The molecule has 1 unspecified atom stereocenters. The molecule has 39 heavy (non-hydrogen) atoms. The third kappa shape index (κ3) is 8.93. The second-order valence-corrected chi connectivity index (χ2v) is 10.7. The van der Waals surface area contributed by atoms with Crippen LogP contribution >= 0.6 is 0 Å². The van der Waals surface area contributed by atoms with Crippen LogP contribution in [0.15, 0.2) is 48.5 Å². The van der Waals surface area contributed by atoms with Gasteiger partial charge in [-0.2, -0.15) is 0 Å². The van der Waals surface area contributed by atoms with Gasteiger partial charge in [0.15, 0.2) is 0 Å². The number of β-amino-alcohol motifs (C(OH)–C–C–N with tert-alkyl or cyclic N) is 1. The van der Waals surface area contributed by atoms with E-state index in [1.54, 1.807) is 4.90 Å². The normalized spacial score (nSPS) is 20.8. The summed E-state index contributed by atoms with van der Waals surface area (Å²) >= 11 is 0. The fourth-order valence-corrected chi connectivity index (χ4v) is 5.20. The number of benzene rings is 2. The average molecular weight is 542 g/mol. The van der Waals surface area contributed by atoms with E-state index in [0.29, 0.717) is 45.0 Å². The van der Waals surface area contributed by atoms with Crippen molar-refractivity contribution in [1.29, 1.82) is 0 Å². The lowest BCUT2D eigenvalue weighted by Gasteiger charge is -2.32. The van der Waals surface area contributed by atoms with E-state index in [-0.39, 0.29) is 30.8 Å². The van der Waals surface area contributed by atoms with Crippen LogP contribution in [0.25, 0.3) is 0 Å². The maximum Gasteiger partial charge on any atom is 0.222 e. The molecule has 0 saturated carbocycles. The van der Waals surface area contributed by atoms with Crippen molar-refractivity contribution < 1.29 is 28.6 Å². The van der Waals surface area contributed by atoms with Crippen LogP contribution in [-0.2, 0) is 16.1 Å². The van der Waals surface area contributed by atoms with Gasteiger partial charge in [0.25, 0.3) is 0 Å². The van der Waals surface area contributed by atoms with Crippen molar-refractivity contribution in [2.45, 2.75) is 51.2 Å². The lowest BCUT2D eigenvalue weighted by molar-refractivity contribution is -0.132. The van der Waals surface area contributed by atoms with Crippen molar-refractivity contribution in [3.63, 3.8) is 0 Å². The van der Waals surface area contributed by atoms with Crippen molar-refractivity contribution >= 4 is 11.8 Å². The third-order valence-electron chi connectivity index (χ3n) is 7.27. The van der Waals surface area contributed by atoms with Gasteiger partial charge in [0.2, 0.25) is 11.8 Å². The summed E-state index contributed by atoms with van der Waals surface area (Å²) in [7, 11) is 0. The second kappa shape index (κ2) is 13.8. The topological polar surface area (TPSA) is 82.6 Å². The highest BCUT2D eigenvalue weighted by Gasteiger charge is 2.37. The predicted molar refractivity (Wildman–Crippen MR) is 146 cm³/mol. The Morgan fingerprint density at radius 2 is 1.82 bits per heavy atom. The summed E-state index contributed by atoms with van der Waals surface area (Å²) < 4.78 is 25.0. The van der Waals surface area contributed by atoms with E-state index < -0.39 is 5.60 Å². The number of likely N-dealkylation sites (tertiary alicyclic amines) is 1. The highest BCUT2D eigenvalue weighted by atomic mass is 19.1. The smallest absolute Gasteiger partial charge is 0.222 e. The number of halogens is 1. The number of rotatable bonds is 10. The summed E-state index contributed by atoms with van der Waals surface area (Å²) in [6.45, 7) is 5.71. The Balaban J connectivity index is 1.32. The van der Waals surface area contributed by atoms with Crippen molar-refractivity contribution in [3.05, 3.63) is 59.9 Å². The zero-order valence-corrected chi connectivity index (χ0v) is 22.8. The van der Waals surface area contributed by atoms with Crippen LogP contribution in [0.2, 0.25) is 0 Å². The number of carbonyl (C=O) groups excluding carboxylic acids is 2. The monoisotopic (exact) mass is 541 g/mol. The lowest BCUT2D eigenvalue weighted by atomic mass is 10.0. The molecule has 0 aromatic heterocycles. The number of ether oxygens (including phenoxy) is 2. The van der Waals surface area contributed by atoms with E-state index in [9.17, 15) is 19.1 Å². The third-order valence-corrected chi connectivity index (χ3v) is 7.27. The van der Waals surface area contributed by atoms with E-state index in [1.807, 2.05) is 29.2 Å². The average Bonchev–Trinajstić information content (AvgIpc) is 3.22. The standard InChI is InChI=1S/C30H40FN3O5/c1-24(35)34-17-16-32(21-30(37,22-34)23-39-27-12-10-26(31)11-13-27)20-25-7-5-8-28(19-25)38-18-6-15-33-14-4-2-3-9-29(33)36/h5,7-8,10-13,19,37H,2-4,6,9,14-18,20-23H2,1H3. The molecule has 0 radical (unpaired) electrons. The van der Waals surface area contributed by atoms with Gasteiger partial charge in [0.05, 0.1) is 13.2 Å². The molecule has 2 aliphatic heterocycles. The molecule has 2 saturated heterocycles. The fourth-order valence-electron chi connectivity index (χ4n) is 5.20. The number of amides is 2. The van der Waals surface area contributed by atoms with Crippen molar-refractivity contribution in [3.8, 4) is 11.5 Å². The van der Waals surface area contributed by atoms with Gasteiger partial charge in [-0.15, -0.1) is 0 Å². The Labute approximate surface area is 230 Å². The van der Waals surface area contributed by atoms with Gasteiger partial charge in [-0.1, -0.05) is 18.6 Å². The largest absolute Gasteiger partial charge is 0.494 e. The molecular weight excluding hydrogens is 501 g/mol. The molecule has 212 valence electrons. The zero-order chi connectivity index (χ0) is 27.7. The van der Waals surface area contributed by atoms with E-state index in [2.05, 4.69) is 4.90 Å². The summed E-state index contributed by atoms with van der Waals surface area (Å²) in [5.74, 6) is 1.01. The van der Waals surface area contributed by atoms with Crippen molar-refractivity contribution in [2.75, 3.05) is 52.5 Å². The molecule has 8 nitrogen and oxygen atoms in total. The van der Waals surface area contributed by atoms with Gasteiger partial charge in [-0.3, -0.25) is 14.5 Å². The van der Waals surface area contributed by atoms with Crippen LogP contribution in [0.1, 0.15) is 44.6 Å². The zero-order valence-electron chi connectivity index (χ0n) is 22.8. The van der Waals surface area contributed by atoms with Crippen LogP contribution in [0.5, 0.6) is 11.5 Å². The second-order valence-electron chi connectivity index (χ2n) is 10.7. The fraction of sp³-hybridized carbons (Fsp3) is 0.533. The molecule has 0 spiro atoms. The number of carbonyl (C=O) groups is 2. The summed E-state index contributed by atoms with van der Waals surface area (Å²) in [6.07, 6.45) is 4.61. The Kier molecular flexibility index (Phi) is 10.2. The van der Waals surface area contributed by atoms with Gasteiger partial charge < -0.3 is 24.4 Å².